The van der Waals surface area contributed by atoms with Gasteiger partial charge in [-0.3, -0.25) is 9.59 Å². The molecule has 2 heterocycles. The predicted molar refractivity (Wildman–Crippen MR) is 145 cm³/mol. The van der Waals surface area contributed by atoms with Crippen LogP contribution in [0.25, 0.3) is 16.7 Å². The predicted octanol–water partition coefficient (Wildman–Crippen LogP) is 5.96. The molecule has 188 valence electrons. The second kappa shape index (κ2) is 9.97. The molecule has 3 aromatic carbocycles. The van der Waals surface area contributed by atoms with E-state index in [0.29, 0.717) is 30.2 Å². The molecule has 6 nitrogen and oxygen atoms in total. The Morgan fingerprint density at radius 2 is 1.70 bits per heavy atom. The summed E-state index contributed by atoms with van der Waals surface area (Å²) >= 11 is 0. The average molecular weight is 495 g/mol. The number of aromatic amines is 1. The molecule has 5 rings (SSSR count). The number of carbonyl (C=O) groups is 2. The number of para-hydroxylation sites is 1. The molecule has 1 saturated heterocycles. The van der Waals surface area contributed by atoms with Gasteiger partial charge < -0.3 is 19.7 Å². The number of methoxy groups -OCH3 is 1. The minimum absolute atomic E-state index is 0.103. The second-order valence-corrected chi connectivity index (χ2v) is 9.65. The summed E-state index contributed by atoms with van der Waals surface area (Å²) in [6.07, 6.45) is 2.52. The van der Waals surface area contributed by atoms with Gasteiger partial charge in [-0.05, 0) is 59.4 Å². The van der Waals surface area contributed by atoms with Gasteiger partial charge in [0, 0.05) is 29.2 Å². The number of aliphatic hydroxyl groups is 1. The topological polar surface area (TPSA) is 82.6 Å². The lowest BCUT2D eigenvalue weighted by atomic mass is 9.93. The van der Waals surface area contributed by atoms with Gasteiger partial charge in [0.2, 0.25) is 0 Å². The van der Waals surface area contributed by atoms with Crippen LogP contribution in [0, 0.1) is 0 Å². The SMILES string of the molecule is COc1ccc(C(O)=C2C(=O)C(=O)N(CCc3c[nH]c4ccccc34)C2c2ccc(C(C)C)cc2)cc1. The van der Waals surface area contributed by atoms with E-state index in [4.69, 9.17) is 4.74 Å². The Labute approximate surface area is 216 Å². The van der Waals surface area contributed by atoms with Gasteiger partial charge >= 0.3 is 0 Å². The fraction of sp³-hybridized carbons (Fsp3) is 0.226. The largest absolute Gasteiger partial charge is 0.507 e. The molecule has 1 aromatic heterocycles. The van der Waals surface area contributed by atoms with Crippen LogP contribution >= 0.6 is 0 Å². The van der Waals surface area contributed by atoms with E-state index in [1.165, 1.54) is 0 Å². The van der Waals surface area contributed by atoms with Crippen LogP contribution in [-0.4, -0.2) is 40.3 Å². The molecular formula is C31H30N2O4. The zero-order chi connectivity index (χ0) is 26.1. The highest BCUT2D eigenvalue weighted by atomic mass is 16.5. The van der Waals surface area contributed by atoms with Crippen molar-refractivity contribution in [1.82, 2.24) is 9.88 Å². The molecule has 0 saturated carbocycles. The molecule has 1 unspecified atom stereocenters. The second-order valence-electron chi connectivity index (χ2n) is 9.65. The molecule has 1 amide bonds. The van der Waals surface area contributed by atoms with E-state index in [-0.39, 0.29) is 11.3 Å². The zero-order valence-corrected chi connectivity index (χ0v) is 21.2. The molecule has 1 aliphatic heterocycles. The Morgan fingerprint density at radius 3 is 2.38 bits per heavy atom. The van der Waals surface area contributed by atoms with E-state index in [1.807, 2.05) is 54.7 Å². The first-order valence-electron chi connectivity index (χ1n) is 12.5. The van der Waals surface area contributed by atoms with Crippen LogP contribution in [0.15, 0.2) is 84.6 Å². The number of carbonyl (C=O) groups excluding carboxylic acids is 2. The lowest BCUT2D eigenvalue weighted by Crippen LogP contribution is -2.31. The van der Waals surface area contributed by atoms with Gasteiger partial charge in [0.25, 0.3) is 11.7 Å². The third-order valence-electron chi connectivity index (χ3n) is 7.12. The maximum atomic E-state index is 13.3. The average Bonchev–Trinajstić information content (AvgIpc) is 3.45. The molecule has 6 heteroatoms. The van der Waals surface area contributed by atoms with Crippen molar-refractivity contribution in [1.29, 1.82) is 0 Å². The first-order chi connectivity index (χ1) is 17.9. The smallest absolute Gasteiger partial charge is 0.295 e. The number of amides is 1. The minimum atomic E-state index is -0.687. The molecule has 1 fully saturated rings. The van der Waals surface area contributed by atoms with Crippen molar-refractivity contribution in [3.63, 3.8) is 0 Å². The number of benzene rings is 3. The van der Waals surface area contributed by atoms with Gasteiger partial charge in [-0.25, -0.2) is 0 Å². The number of aliphatic hydroxyl groups excluding tert-OH is 1. The Balaban J connectivity index is 1.56. The van der Waals surface area contributed by atoms with Gasteiger partial charge in [-0.1, -0.05) is 56.3 Å². The quantitative estimate of drug-likeness (QED) is 0.189. The van der Waals surface area contributed by atoms with Crippen molar-refractivity contribution >= 4 is 28.4 Å². The third kappa shape index (κ3) is 4.51. The Hall–Kier alpha value is -4.32. The molecule has 37 heavy (non-hydrogen) atoms. The fourth-order valence-electron chi connectivity index (χ4n) is 5.00. The first kappa shape index (κ1) is 24.4. The van der Waals surface area contributed by atoms with E-state index in [1.54, 1.807) is 36.3 Å². The van der Waals surface area contributed by atoms with Crippen molar-refractivity contribution in [2.24, 2.45) is 0 Å². The molecule has 4 aromatic rings. The highest BCUT2D eigenvalue weighted by molar-refractivity contribution is 6.46. The number of likely N-dealkylation sites (tertiary alicyclic amines) is 1. The van der Waals surface area contributed by atoms with Crippen LogP contribution in [0.3, 0.4) is 0 Å². The van der Waals surface area contributed by atoms with Gasteiger partial charge in [0.05, 0.1) is 18.7 Å². The summed E-state index contributed by atoms with van der Waals surface area (Å²) in [5.74, 6) is -0.482. The summed E-state index contributed by atoms with van der Waals surface area (Å²) in [6, 6.07) is 22.1. The van der Waals surface area contributed by atoms with E-state index < -0.39 is 17.7 Å². The van der Waals surface area contributed by atoms with E-state index >= 15 is 0 Å². The number of hydrogen-bond donors (Lipinski definition) is 2. The van der Waals surface area contributed by atoms with Crippen LogP contribution in [0.5, 0.6) is 5.75 Å². The summed E-state index contributed by atoms with van der Waals surface area (Å²) in [4.78, 5) is 31.5. The number of nitrogens with one attached hydrogen (secondary N) is 1. The molecule has 1 atom stereocenters. The maximum absolute atomic E-state index is 13.3. The molecular weight excluding hydrogens is 464 g/mol. The molecule has 0 bridgehead atoms. The lowest BCUT2D eigenvalue weighted by molar-refractivity contribution is -0.139. The number of rotatable bonds is 7. The summed E-state index contributed by atoms with van der Waals surface area (Å²) in [5, 5.41) is 12.4. The van der Waals surface area contributed by atoms with Crippen molar-refractivity contribution in [2.45, 2.75) is 32.2 Å². The third-order valence-corrected chi connectivity index (χ3v) is 7.12. The summed E-state index contributed by atoms with van der Waals surface area (Å²) in [7, 11) is 1.56. The molecule has 1 aliphatic rings. The van der Waals surface area contributed by atoms with Crippen LogP contribution in [0.2, 0.25) is 0 Å². The fourth-order valence-corrected chi connectivity index (χ4v) is 5.00. The monoisotopic (exact) mass is 494 g/mol. The van der Waals surface area contributed by atoms with Crippen molar-refractivity contribution in [3.8, 4) is 5.75 Å². The van der Waals surface area contributed by atoms with Crippen LogP contribution in [0.4, 0.5) is 0 Å². The van der Waals surface area contributed by atoms with Crippen LogP contribution in [0.1, 0.15) is 48.1 Å². The number of Topliss-reactive ketones (excluding diaryl/α,β-unsaturated/α-hetero) is 1. The van der Waals surface area contributed by atoms with Crippen molar-refractivity contribution in [2.75, 3.05) is 13.7 Å². The first-order valence-corrected chi connectivity index (χ1v) is 12.5. The Kier molecular flexibility index (Phi) is 6.57. The molecule has 0 radical (unpaired) electrons. The van der Waals surface area contributed by atoms with Crippen molar-refractivity contribution < 1.29 is 19.4 Å². The molecule has 0 aliphatic carbocycles. The number of aromatic nitrogens is 1. The number of fused-ring (bicyclic) bond motifs is 1. The molecule has 0 spiro atoms. The lowest BCUT2D eigenvalue weighted by Gasteiger charge is -2.25. The summed E-state index contributed by atoms with van der Waals surface area (Å²) in [6.45, 7) is 4.57. The van der Waals surface area contributed by atoms with E-state index in [9.17, 15) is 14.7 Å². The highest BCUT2D eigenvalue weighted by Crippen LogP contribution is 2.40. The van der Waals surface area contributed by atoms with Crippen LogP contribution < -0.4 is 4.74 Å². The normalized spacial score (nSPS) is 17.2. The number of ketones is 1. The number of ether oxygens (including phenoxy) is 1. The van der Waals surface area contributed by atoms with Crippen molar-refractivity contribution in [3.05, 3.63) is 107 Å². The molecule has 2 N–H and O–H groups in total. The standard InChI is InChI=1S/C31H30N2O4/c1-19(2)20-8-10-21(11-9-20)28-27(29(34)22-12-14-24(37-3)15-13-22)30(35)31(36)33(28)17-16-23-18-32-26-7-5-4-6-25(23)26/h4-15,18-19,28,32,34H,16-17H2,1-3H3. The Morgan fingerprint density at radius 1 is 1.00 bits per heavy atom. The van der Waals surface area contributed by atoms with Gasteiger partial charge in [0.1, 0.15) is 11.5 Å². The zero-order valence-electron chi connectivity index (χ0n) is 21.2. The van der Waals surface area contributed by atoms with Gasteiger partial charge in [-0.2, -0.15) is 0 Å². The summed E-state index contributed by atoms with van der Waals surface area (Å²) in [5.41, 5.74) is 4.61. The Bertz CT molecular complexity index is 1480. The van der Waals surface area contributed by atoms with Gasteiger partial charge in [0.15, 0.2) is 0 Å². The summed E-state index contributed by atoms with van der Waals surface area (Å²) < 4.78 is 5.22. The number of H-pyrrole nitrogens is 1. The highest BCUT2D eigenvalue weighted by Gasteiger charge is 2.45. The maximum Gasteiger partial charge on any atom is 0.295 e. The van der Waals surface area contributed by atoms with E-state index in [0.717, 1.165) is 27.6 Å². The minimum Gasteiger partial charge on any atom is -0.507 e. The number of hydrogen-bond acceptors (Lipinski definition) is 4. The van der Waals surface area contributed by atoms with Crippen LogP contribution in [-0.2, 0) is 16.0 Å². The van der Waals surface area contributed by atoms with E-state index in [2.05, 4.69) is 18.8 Å². The van der Waals surface area contributed by atoms with Gasteiger partial charge in [-0.15, -0.1) is 0 Å². The number of nitrogens with zero attached hydrogens (tertiary/aromatic N) is 1.